The lowest BCUT2D eigenvalue weighted by Crippen LogP contribution is -1.98. The average Bonchev–Trinajstić information content (AvgIpc) is 2.46. The lowest BCUT2D eigenvalue weighted by atomic mass is 10.1. The number of carboxylic acid groups (broad SMARTS) is 1. The first kappa shape index (κ1) is 21.6. The first-order chi connectivity index (χ1) is 11.2. The largest absolute Gasteiger partial charge is 0.490 e. The van der Waals surface area contributed by atoms with Gasteiger partial charge in [-0.2, -0.15) is 0 Å². The standard InChI is InChI=1S/C17H22O3.C3H6O/c1-13(2)5-4-6-14(3)11-12-20-16-9-7-15(8-10-16)17(18)19;1-3(2)4/h5,7-11H,4,6,12H2,1-3H3,(H,18,19);1-2H3/b14-11+;. The molecule has 1 rings (SSSR count). The number of hydrogen-bond donors (Lipinski definition) is 1. The Kier molecular flexibility index (Phi) is 10.9. The third-order valence-electron chi connectivity index (χ3n) is 2.87. The predicted octanol–water partition coefficient (Wildman–Crippen LogP) is 5.05. The highest BCUT2D eigenvalue weighted by Gasteiger charge is 2.01. The van der Waals surface area contributed by atoms with Crippen LogP contribution in [0.2, 0.25) is 0 Å². The van der Waals surface area contributed by atoms with Gasteiger partial charge >= 0.3 is 5.97 Å². The van der Waals surface area contributed by atoms with Crippen molar-refractivity contribution in [2.75, 3.05) is 6.61 Å². The minimum Gasteiger partial charge on any atom is -0.490 e. The Hall–Kier alpha value is -2.36. The van der Waals surface area contributed by atoms with E-state index in [1.54, 1.807) is 24.3 Å². The SMILES string of the molecule is CC(C)=CCC/C(C)=C/COc1ccc(C(=O)O)cc1.CC(C)=O. The summed E-state index contributed by atoms with van der Waals surface area (Å²) in [5, 5.41) is 8.79. The quantitative estimate of drug-likeness (QED) is 0.710. The summed E-state index contributed by atoms with van der Waals surface area (Å²) in [5.74, 6) is -0.0742. The van der Waals surface area contributed by atoms with Gasteiger partial charge in [-0.25, -0.2) is 4.79 Å². The van der Waals surface area contributed by atoms with Gasteiger partial charge in [0.15, 0.2) is 0 Å². The van der Waals surface area contributed by atoms with E-state index in [9.17, 15) is 9.59 Å². The van der Waals surface area contributed by atoms with Crippen molar-refractivity contribution in [3.63, 3.8) is 0 Å². The van der Waals surface area contributed by atoms with Crippen LogP contribution in [0.5, 0.6) is 5.75 Å². The van der Waals surface area contributed by atoms with E-state index in [4.69, 9.17) is 9.84 Å². The van der Waals surface area contributed by atoms with Gasteiger partial charge < -0.3 is 14.6 Å². The fourth-order valence-electron chi connectivity index (χ4n) is 1.66. The van der Waals surface area contributed by atoms with Crippen LogP contribution in [0.4, 0.5) is 0 Å². The molecule has 0 aromatic heterocycles. The molecule has 132 valence electrons. The topological polar surface area (TPSA) is 63.6 Å². The van der Waals surface area contributed by atoms with Crippen LogP contribution in [0.15, 0.2) is 47.6 Å². The van der Waals surface area contributed by atoms with E-state index in [2.05, 4.69) is 32.9 Å². The van der Waals surface area contributed by atoms with Gasteiger partial charge in [-0.15, -0.1) is 0 Å². The fraction of sp³-hybridized carbons (Fsp3) is 0.400. The summed E-state index contributed by atoms with van der Waals surface area (Å²) in [6, 6.07) is 6.44. The number of aromatic carboxylic acids is 1. The van der Waals surface area contributed by atoms with Crippen molar-refractivity contribution >= 4 is 11.8 Å². The van der Waals surface area contributed by atoms with Crippen LogP contribution in [-0.4, -0.2) is 23.5 Å². The molecule has 1 aromatic rings. The van der Waals surface area contributed by atoms with E-state index >= 15 is 0 Å². The molecule has 4 nitrogen and oxygen atoms in total. The smallest absolute Gasteiger partial charge is 0.335 e. The van der Waals surface area contributed by atoms with Gasteiger partial charge in [-0.05, 0) is 77.8 Å². The molecule has 0 spiro atoms. The van der Waals surface area contributed by atoms with Crippen molar-refractivity contribution < 1.29 is 19.4 Å². The molecule has 0 aliphatic heterocycles. The summed E-state index contributed by atoms with van der Waals surface area (Å²) >= 11 is 0. The van der Waals surface area contributed by atoms with Gasteiger partial charge in [0, 0.05) is 0 Å². The molecule has 24 heavy (non-hydrogen) atoms. The molecule has 0 saturated heterocycles. The van der Waals surface area contributed by atoms with Crippen LogP contribution < -0.4 is 4.74 Å². The van der Waals surface area contributed by atoms with Crippen molar-refractivity contribution in [3.05, 3.63) is 53.1 Å². The van der Waals surface area contributed by atoms with E-state index in [0.29, 0.717) is 12.4 Å². The van der Waals surface area contributed by atoms with Crippen LogP contribution in [0, 0.1) is 0 Å². The first-order valence-corrected chi connectivity index (χ1v) is 7.94. The number of carbonyl (C=O) groups excluding carboxylic acids is 1. The van der Waals surface area contributed by atoms with Crippen LogP contribution in [0.1, 0.15) is 57.8 Å². The monoisotopic (exact) mass is 332 g/mol. The second-order valence-electron chi connectivity index (χ2n) is 5.92. The van der Waals surface area contributed by atoms with Gasteiger partial charge in [0.1, 0.15) is 18.1 Å². The number of allylic oxidation sites excluding steroid dienone is 3. The van der Waals surface area contributed by atoms with Gasteiger partial charge in [-0.1, -0.05) is 17.2 Å². The first-order valence-electron chi connectivity index (χ1n) is 7.94. The Morgan fingerprint density at radius 3 is 2.00 bits per heavy atom. The van der Waals surface area contributed by atoms with Gasteiger partial charge in [0.2, 0.25) is 0 Å². The molecular formula is C20H28O4. The highest BCUT2D eigenvalue weighted by Crippen LogP contribution is 2.13. The molecule has 0 saturated carbocycles. The lowest BCUT2D eigenvalue weighted by molar-refractivity contribution is -0.115. The molecule has 4 heteroatoms. The molecule has 0 amide bonds. The number of carboxylic acids is 1. The molecule has 0 atom stereocenters. The molecule has 0 fully saturated rings. The van der Waals surface area contributed by atoms with Crippen LogP contribution in [-0.2, 0) is 4.79 Å². The minimum atomic E-state index is -0.924. The van der Waals surface area contributed by atoms with E-state index < -0.39 is 5.97 Å². The summed E-state index contributed by atoms with van der Waals surface area (Å²) in [4.78, 5) is 20.2. The highest BCUT2D eigenvalue weighted by molar-refractivity contribution is 5.87. The van der Waals surface area contributed by atoms with Crippen LogP contribution >= 0.6 is 0 Å². The number of rotatable bonds is 7. The Morgan fingerprint density at radius 1 is 1.00 bits per heavy atom. The maximum absolute atomic E-state index is 10.7. The molecular weight excluding hydrogens is 304 g/mol. The molecule has 0 aliphatic carbocycles. The summed E-state index contributed by atoms with van der Waals surface area (Å²) in [7, 11) is 0. The minimum absolute atomic E-state index is 0.167. The van der Waals surface area contributed by atoms with Crippen LogP contribution in [0.3, 0.4) is 0 Å². The van der Waals surface area contributed by atoms with Gasteiger partial charge in [-0.3, -0.25) is 0 Å². The van der Waals surface area contributed by atoms with Crippen molar-refractivity contribution in [2.45, 2.75) is 47.5 Å². The van der Waals surface area contributed by atoms with E-state index in [-0.39, 0.29) is 11.3 Å². The van der Waals surface area contributed by atoms with Crippen molar-refractivity contribution in [2.24, 2.45) is 0 Å². The number of hydrogen-bond acceptors (Lipinski definition) is 3. The van der Waals surface area contributed by atoms with Crippen molar-refractivity contribution in [3.8, 4) is 5.75 Å². The maximum Gasteiger partial charge on any atom is 0.335 e. The Bertz CT molecular complexity index is 572. The Labute approximate surface area is 144 Å². The van der Waals surface area contributed by atoms with E-state index in [1.165, 1.54) is 25.0 Å². The highest BCUT2D eigenvalue weighted by atomic mass is 16.5. The number of ketones is 1. The molecule has 0 heterocycles. The molecule has 0 aliphatic rings. The second-order valence-corrected chi connectivity index (χ2v) is 5.92. The zero-order valence-corrected chi connectivity index (χ0v) is 15.3. The molecule has 0 radical (unpaired) electrons. The number of Topliss-reactive ketones (excluding diaryl/α,β-unsaturated/α-hetero) is 1. The maximum atomic E-state index is 10.7. The fourth-order valence-corrected chi connectivity index (χ4v) is 1.66. The third-order valence-corrected chi connectivity index (χ3v) is 2.87. The zero-order valence-electron chi connectivity index (χ0n) is 15.3. The second kappa shape index (κ2) is 12.1. The van der Waals surface area contributed by atoms with Crippen molar-refractivity contribution in [1.82, 2.24) is 0 Å². The van der Waals surface area contributed by atoms with E-state index in [0.717, 1.165) is 12.8 Å². The Morgan fingerprint density at radius 2 is 1.54 bits per heavy atom. The molecule has 0 unspecified atom stereocenters. The summed E-state index contributed by atoms with van der Waals surface area (Å²) in [5.41, 5.74) is 2.91. The summed E-state index contributed by atoms with van der Waals surface area (Å²) in [6.07, 6.45) is 6.37. The van der Waals surface area contributed by atoms with E-state index in [1.807, 2.05) is 0 Å². The number of carbonyl (C=O) groups is 2. The summed E-state index contributed by atoms with van der Waals surface area (Å²) in [6.45, 7) is 9.86. The zero-order chi connectivity index (χ0) is 18.5. The molecule has 1 aromatic carbocycles. The van der Waals surface area contributed by atoms with Gasteiger partial charge in [0.05, 0.1) is 5.56 Å². The number of ether oxygens (including phenoxy) is 1. The normalized spacial score (nSPS) is 10.3. The van der Waals surface area contributed by atoms with Crippen LogP contribution in [0.25, 0.3) is 0 Å². The van der Waals surface area contributed by atoms with Crippen molar-refractivity contribution in [1.29, 1.82) is 0 Å². The number of benzene rings is 1. The third kappa shape index (κ3) is 12.2. The Balaban J connectivity index is 0.00000118. The summed E-state index contributed by atoms with van der Waals surface area (Å²) < 4.78 is 5.55. The predicted molar refractivity (Wildman–Crippen MR) is 97.7 cm³/mol. The average molecular weight is 332 g/mol. The molecule has 0 bridgehead atoms. The lowest BCUT2D eigenvalue weighted by Gasteiger charge is -2.05. The van der Waals surface area contributed by atoms with Gasteiger partial charge in [0.25, 0.3) is 0 Å². The molecule has 1 N–H and O–H groups in total.